The molecule has 2 unspecified atom stereocenters. The van der Waals surface area contributed by atoms with Crippen molar-refractivity contribution in [1.82, 2.24) is 4.90 Å². The number of hydrogen-bond acceptors (Lipinski definition) is 5. The Hall–Kier alpha value is -2.70. The standard InChI is InChI=1S/C28H33NO4/c30-26(12-9-22-8-10-23-5-3-6-25(23)20-22)21-27(31)13-11-24-4-1-2-7-28(24)33-19-16-29-14-17-32-18-15-29/h1-5,7-13,20,26-27,30-31H,6,14-19,21H2/b12-9+,13-11+. The first-order valence-electron chi connectivity index (χ1n) is 11.7. The Kier molecular flexibility index (Phi) is 8.50. The number of ether oxygens (including phenoxy) is 2. The van der Waals surface area contributed by atoms with E-state index >= 15 is 0 Å². The summed E-state index contributed by atoms with van der Waals surface area (Å²) in [5.41, 5.74) is 4.54. The minimum Gasteiger partial charge on any atom is -0.492 e. The van der Waals surface area contributed by atoms with E-state index in [9.17, 15) is 10.2 Å². The lowest BCUT2D eigenvalue weighted by molar-refractivity contribution is 0.0322. The van der Waals surface area contributed by atoms with Crippen molar-refractivity contribution in [2.45, 2.75) is 25.0 Å². The Morgan fingerprint density at radius 3 is 2.64 bits per heavy atom. The van der Waals surface area contributed by atoms with Gasteiger partial charge >= 0.3 is 0 Å². The van der Waals surface area contributed by atoms with Crippen molar-refractivity contribution in [3.63, 3.8) is 0 Å². The molecular weight excluding hydrogens is 414 g/mol. The highest BCUT2D eigenvalue weighted by Gasteiger charge is 2.11. The van der Waals surface area contributed by atoms with Crippen molar-refractivity contribution >= 4 is 18.2 Å². The third-order valence-corrected chi connectivity index (χ3v) is 5.98. The van der Waals surface area contributed by atoms with Gasteiger partial charge in [-0.15, -0.1) is 0 Å². The highest BCUT2D eigenvalue weighted by atomic mass is 16.5. The van der Waals surface area contributed by atoms with Crippen LogP contribution in [0.3, 0.4) is 0 Å². The van der Waals surface area contributed by atoms with Gasteiger partial charge in [-0.1, -0.05) is 72.9 Å². The van der Waals surface area contributed by atoms with Crippen LogP contribution in [0.1, 0.15) is 28.7 Å². The van der Waals surface area contributed by atoms with Gasteiger partial charge in [0.15, 0.2) is 0 Å². The molecule has 2 aromatic rings. The molecule has 2 aromatic carbocycles. The fourth-order valence-corrected chi connectivity index (χ4v) is 4.08. The van der Waals surface area contributed by atoms with Gasteiger partial charge < -0.3 is 19.7 Å². The summed E-state index contributed by atoms with van der Waals surface area (Å²) < 4.78 is 11.4. The monoisotopic (exact) mass is 447 g/mol. The van der Waals surface area contributed by atoms with Crippen molar-refractivity contribution in [3.05, 3.63) is 82.9 Å². The number of rotatable bonds is 10. The molecule has 0 aromatic heterocycles. The largest absolute Gasteiger partial charge is 0.492 e. The fraction of sp³-hybridized carbons (Fsp3) is 0.357. The topological polar surface area (TPSA) is 62.2 Å². The van der Waals surface area contributed by atoms with Gasteiger partial charge in [-0.3, -0.25) is 4.90 Å². The smallest absolute Gasteiger partial charge is 0.126 e. The van der Waals surface area contributed by atoms with Crippen LogP contribution in [0.4, 0.5) is 0 Å². The number of nitrogens with zero attached hydrogens (tertiary/aromatic N) is 1. The molecule has 0 saturated carbocycles. The zero-order chi connectivity index (χ0) is 22.9. The number of allylic oxidation sites excluding steroid dienone is 1. The summed E-state index contributed by atoms with van der Waals surface area (Å²) in [6.45, 7) is 4.92. The van der Waals surface area contributed by atoms with Crippen LogP contribution in [-0.2, 0) is 11.2 Å². The third kappa shape index (κ3) is 7.14. The van der Waals surface area contributed by atoms with E-state index < -0.39 is 12.2 Å². The summed E-state index contributed by atoms with van der Waals surface area (Å²) in [5.74, 6) is 0.792. The van der Waals surface area contributed by atoms with E-state index in [0.717, 1.165) is 56.1 Å². The maximum absolute atomic E-state index is 10.4. The first-order valence-corrected chi connectivity index (χ1v) is 11.7. The number of hydrogen-bond donors (Lipinski definition) is 2. The van der Waals surface area contributed by atoms with E-state index in [1.165, 1.54) is 11.1 Å². The fourth-order valence-electron chi connectivity index (χ4n) is 4.08. The summed E-state index contributed by atoms with van der Waals surface area (Å²) in [6, 6.07) is 14.1. The molecule has 1 aliphatic heterocycles. The van der Waals surface area contributed by atoms with Gasteiger partial charge in [0.2, 0.25) is 0 Å². The van der Waals surface area contributed by atoms with Gasteiger partial charge in [0, 0.05) is 31.6 Å². The Morgan fingerprint density at radius 1 is 1.00 bits per heavy atom. The highest BCUT2D eigenvalue weighted by Crippen LogP contribution is 2.22. The second-order valence-corrected chi connectivity index (χ2v) is 8.49. The second-order valence-electron chi connectivity index (χ2n) is 8.49. The molecule has 1 heterocycles. The van der Waals surface area contributed by atoms with E-state index in [0.29, 0.717) is 6.61 Å². The van der Waals surface area contributed by atoms with Crippen LogP contribution < -0.4 is 4.74 Å². The van der Waals surface area contributed by atoms with Crippen LogP contribution in [0.2, 0.25) is 0 Å². The zero-order valence-electron chi connectivity index (χ0n) is 19.0. The van der Waals surface area contributed by atoms with Crippen molar-refractivity contribution in [2.24, 2.45) is 0 Å². The maximum atomic E-state index is 10.4. The molecule has 1 aliphatic carbocycles. The van der Waals surface area contributed by atoms with Crippen molar-refractivity contribution in [1.29, 1.82) is 0 Å². The lowest BCUT2D eigenvalue weighted by atomic mass is 10.0. The summed E-state index contributed by atoms with van der Waals surface area (Å²) in [6.07, 6.45) is 11.2. The molecular formula is C28H33NO4. The Labute approximate surface area is 196 Å². The predicted octanol–water partition coefficient (Wildman–Crippen LogP) is 3.81. The molecule has 1 saturated heterocycles. The van der Waals surface area contributed by atoms with Crippen LogP contribution >= 0.6 is 0 Å². The molecule has 0 radical (unpaired) electrons. The third-order valence-electron chi connectivity index (χ3n) is 5.98. The van der Waals surface area contributed by atoms with E-state index in [2.05, 4.69) is 29.2 Å². The van der Waals surface area contributed by atoms with Crippen molar-refractivity contribution in [2.75, 3.05) is 39.5 Å². The van der Waals surface area contributed by atoms with Gasteiger partial charge in [0.25, 0.3) is 0 Å². The van der Waals surface area contributed by atoms with Crippen LogP contribution in [0.25, 0.3) is 18.2 Å². The van der Waals surface area contributed by atoms with E-state index in [4.69, 9.17) is 9.47 Å². The second kappa shape index (κ2) is 12.0. The molecule has 2 N–H and O–H groups in total. The van der Waals surface area contributed by atoms with Crippen LogP contribution in [0.15, 0.2) is 60.7 Å². The minimum atomic E-state index is -0.754. The Bertz CT molecular complexity index is 991. The quantitative estimate of drug-likeness (QED) is 0.580. The summed E-state index contributed by atoms with van der Waals surface area (Å²) in [7, 11) is 0. The normalized spacial score (nSPS) is 18.1. The van der Waals surface area contributed by atoms with Crippen LogP contribution in [0, 0.1) is 0 Å². The van der Waals surface area contributed by atoms with Gasteiger partial charge in [-0.2, -0.15) is 0 Å². The lowest BCUT2D eigenvalue weighted by Gasteiger charge is -2.26. The number of aliphatic hydroxyl groups excluding tert-OH is 2. The lowest BCUT2D eigenvalue weighted by Crippen LogP contribution is -2.38. The maximum Gasteiger partial charge on any atom is 0.126 e. The van der Waals surface area contributed by atoms with Gasteiger partial charge in [0.1, 0.15) is 12.4 Å². The highest BCUT2D eigenvalue weighted by molar-refractivity contribution is 5.64. The van der Waals surface area contributed by atoms with E-state index in [1.807, 2.05) is 42.5 Å². The molecule has 5 heteroatoms. The summed E-state index contributed by atoms with van der Waals surface area (Å²) in [4.78, 5) is 2.33. The molecule has 0 bridgehead atoms. The number of morpholine rings is 1. The molecule has 0 amide bonds. The molecule has 1 fully saturated rings. The number of fused-ring (bicyclic) bond motifs is 1. The summed E-state index contributed by atoms with van der Waals surface area (Å²) >= 11 is 0. The Morgan fingerprint density at radius 2 is 1.79 bits per heavy atom. The van der Waals surface area contributed by atoms with Crippen molar-refractivity contribution < 1.29 is 19.7 Å². The molecule has 4 rings (SSSR count). The predicted molar refractivity (Wildman–Crippen MR) is 133 cm³/mol. The molecule has 0 spiro atoms. The van der Waals surface area contributed by atoms with Crippen LogP contribution in [0.5, 0.6) is 5.75 Å². The summed E-state index contributed by atoms with van der Waals surface area (Å²) in [5, 5.41) is 20.7. The van der Waals surface area contributed by atoms with Crippen LogP contribution in [-0.4, -0.2) is 66.8 Å². The number of benzene rings is 2. The SMILES string of the molecule is OC(/C=C/c1ccc2c(c1)CC=C2)CC(O)/C=C/c1ccccc1OCCN1CCOCC1. The zero-order valence-corrected chi connectivity index (χ0v) is 19.0. The van der Waals surface area contributed by atoms with Gasteiger partial charge in [0.05, 0.1) is 25.4 Å². The number of aliphatic hydroxyl groups is 2. The molecule has 2 aliphatic rings. The Balaban J connectivity index is 1.26. The van der Waals surface area contributed by atoms with E-state index in [-0.39, 0.29) is 6.42 Å². The van der Waals surface area contributed by atoms with E-state index in [1.54, 1.807) is 12.2 Å². The number of para-hydroxylation sites is 1. The first-order chi connectivity index (χ1) is 16.2. The average molecular weight is 448 g/mol. The van der Waals surface area contributed by atoms with Gasteiger partial charge in [-0.25, -0.2) is 0 Å². The molecule has 33 heavy (non-hydrogen) atoms. The van der Waals surface area contributed by atoms with Gasteiger partial charge in [-0.05, 0) is 29.2 Å². The van der Waals surface area contributed by atoms with Crippen molar-refractivity contribution in [3.8, 4) is 5.75 Å². The first kappa shape index (κ1) is 23.5. The molecule has 5 nitrogen and oxygen atoms in total. The molecule has 174 valence electrons. The average Bonchev–Trinajstić information content (AvgIpc) is 3.31. The minimum absolute atomic E-state index is 0.236. The molecule has 2 atom stereocenters.